The number of carbonyl (C=O) groups is 2. The molecule has 1 fully saturated rings. The highest BCUT2D eigenvalue weighted by Gasteiger charge is 2.46. The second kappa shape index (κ2) is 10.3. The van der Waals surface area contributed by atoms with E-state index in [-0.39, 0.29) is 5.78 Å². The van der Waals surface area contributed by atoms with E-state index < -0.39 is 43.2 Å². The molecule has 1 saturated heterocycles. The summed E-state index contributed by atoms with van der Waals surface area (Å²) in [6.07, 6.45) is -1.82. The number of rotatable bonds is 7. The summed E-state index contributed by atoms with van der Waals surface area (Å²) in [5.41, 5.74) is 1.36. The predicted molar refractivity (Wildman–Crippen MR) is 112 cm³/mol. The third-order valence-electron chi connectivity index (χ3n) is 4.87. The lowest BCUT2D eigenvalue weighted by molar-refractivity contribution is -0.244. The maximum Gasteiger partial charge on any atom is 0.223 e. The average molecular weight is 427 g/mol. The van der Waals surface area contributed by atoms with Crippen LogP contribution in [0.3, 0.4) is 0 Å². The molecule has 3 rings (SSSR count). The Kier molecular flexibility index (Phi) is 7.54. The Morgan fingerprint density at radius 3 is 2.35 bits per heavy atom. The van der Waals surface area contributed by atoms with E-state index in [9.17, 15) is 24.9 Å². The Morgan fingerprint density at radius 1 is 1.06 bits per heavy atom. The van der Waals surface area contributed by atoms with E-state index in [4.69, 9.17) is 9.47 Å². The first-order valence-electron chi connectivity index (χ1n) is 9.83. The molecule has 4 N–H and O–H groups in total. The lowest BCUT2D eigenvalue weighted by Crippen LogP contribution is -2.65. The summed E-state index contributed by atoms with van der Waals surface area (Å²) < 4.78 is 11.3. The number of carbonyl (C=O) groups excluding carboxylic acids is 2. The molecule has 1 amide bonds. The van der Waals surface area contributed by atoms with Crippen LogP contribution in [-0.4, -0.2) is 64.3 Å². The smallest absolute Gasteiger partial charge is 0.223 e. The summed E-state index contributed by atoms with van der Waals surface area (Å²) in [4.78, 5) is 23.9. The van der Waals surface area contributed by atoms with Crippen LogP contribution in [0.4, 0.5) is 0 Å². The molecular weight excluding hydrogens is 402 g/mol. The maximum atomic E-state index is 12.4. The number of hydrogen-bond acceptors (Lipinski definition) is 7. The van der Waals surface area contributed by atoms with Crippen molar-refractivity contribution in [1.82, 2.24) is 5.32 Å². The Balaban J connectivity index is 1.70. The van der Waals surface area contributed by atoms with Gasteiger partial charge < -0.3 is 30.1 Å². The van der Waals surface area contributed by atoms with Gasteiger partial charge in [-0.2, -0.15) is 0 Å². The fourth-order valence-electron chi connectivity index (χ4n) is 3.24. The average Bonchev–Trinajstić information content (AvgIpc) is 2.78. The summed E-state index contributed by atoms with van der Waals surface area (Å²) in [5, 5.41) is 32.2. The molecule has 0 aromatic heterocycles. The first kappa shape index (κ1) is 22.6. The van der Waals surface area contributed by atoms with Crippen LogP contribution >= 0.6 is 0 Å². The van der Waals surface area contributed by atoms with Crippen LogP contribution in [0.25, 0.3) is 6.08 Å². The molecule has 1 aliphatic rings. The molecular formula is C23H25NO7. The molecule has 1 heterocycles. The minimum atomic E-state index is -1.40. The van der Waals surface area contributed by atoms with Crippen molar-refractivity contribution in [1.29, 1.82) is 0 Å². The van der Waals surface area contributed by atoms with E-state index in [0.717, 1.165) is 5.56 Å². The van der Waals surface area contributed by atoms with Crippen LogP contribution in [0.15, 0.2) is 60.7 Å². The lowest BCUT2D eigenvalue weighted by Gasteiger charge is -2.42. The van der Waals surface area contributed by atoms with E-state index in [1.165, 1.54) is 13.0 Å². The van der Waals surface area contributed by atoms with Gasteiger partial charge in [0.05, 0.1) is 6.61 Å². The monoisotopic (exact) mass is 427 g/mol. The second-order valence-electron chi connectivity index (χ2n) is 7.18. The normalized spacial score (nSPS) is 25.9. The Hall–Kier alpha value is -3.04. The molecule has 0 saturated carbocycles. The summed E-state index contributed by atoms with van der Waals surface area (Å²) in [7, 11) is 0. The fourth-order valence-corrected chi connectivity index (χ4v) is 3.24. The first-order chi connectivity index (χ1) is 14.9. The summed E-state index contributed by atoms with van der Waals surface area (Å²) in [6, 6.07) is 14.7. The van der Waals surface area contributed by atoms with Crippen LogP contribution in [0.1, 0.15) is 22.8 Å². The van der Waals surface area contributed by atoms with Crippen molar-refractivity contribution in [2.75, 3.05) is 6.61 Å². The Labute approximate surface area is 179 Å². The number of aliphatic hydroxyl groups is 3. The zero-order chi connectivity index (χ0) is 22.4. The molecule has 0 bridgehead atoms. The highest BCUT2D eigenvalue weighted by molar-refractivity contribution is 6.06. The molecule has 8 heteroatoms. The van der Waals surface area contributed by atoms with Crippen LogP contribution < -0.4 is 10.1 Å². The standard InChI is InChI=1S/C23H25NO7/c1-14(26)24-20-22(29)21(28)19(13-25)31-23(20)30-17-10-8-16(9-11-17)18(27)12-7-15-5-3-2-4-6-15/h2-12,19-23,25,28-29H,13H2,1H3,(H,24,26)/b12-7+/t19-,20+,21+,22-,23-/m1/s1. The number of benzene rings is 2. The van der Waals surface area contributed by atoms with Crippen molar-refractivity contribution < 1.29 is 34.4 Å². The summed E-state index contributed by atoms with van der Waals surface area (Å²) in [5.74, 6) is -0.300. The van der Waals surface area contributed by atoms with E-state index in [0.29, 0.717) is 11.3 Å². The maximum absolute atomic E-state index is 12.4. The zero-order valence-electron chi connectivity index (χ0n) is 16.9. The van der Waals surface area contributed by atoms with Gasteiger partial charge >= 0.3 is 0 Å². The van der Waals surface area contributed by atoms with Crippen LogP contribution in [0.2, 0.25) is 0 Å². The van der Waals surface area contributed by atoms with E-state index in [1.54, 1.807) is 30.3 Å². The van der Waals surface area contributed by atoms with Crippen LogP contribution in [0.5, 0.6) is 5.75 Å². The van der Waals surface area contributed by atoms with Crippen molar-refractivity contribution in [3.8, 4) is 5.75 Å². The van der Waals surface area contributed by atoms with Gasteiger partial charge in [0.25, 0.3) is 0 Å². The third kappa shape index (κ3) is 5.77. The van der Waals surface area contributed by atoms with Gasteiger partial charge in [0.2, 0.25) is 12.2 Å². The van der Waals surface area contributed by atoms with E-state index >= 15 is 0 Å². The fraction of sp³-hybridized carbons (Fsp3) is 0.304. The molecule has 31 heavy (non-hydrogen) atoms. The number of ketones is 1. The molecule has 0 unspecified atom stereocenters. The summed E-state index contributed by atoms with van der Waals surface area (Å²) >= 11 is 0. The quantitative estimate of drug-likeness (QED) is 0.382. The Morgan fingerprint density at radius 2 is 1.74 bits per heavy atom. The highest BCUT2D eigenvalue weighted by atomic mass is 16.7. The van der Waals surface area contributed by atoms with Gasteiger partial charge in [0.15, 0.2) is 5.78 Å². The van der Waals surface area contributed by atoms with Crippen molar-refractivity contribution in [2.24, 2.45) is 0 Å². The molecule has 2 aromatic carbocycles. The van der Waals surface area contributed by atoms with Gasteiger partial charge in [0.1, 0.15) is 30.1 Å². The number of aliphatic hydroxyl groups excluding tert-OH is 3. The number of ether oxygens (including phenoxy) is 2. The predicted octanol–water partition coefficient (Wildman–Crippen LogP) is 0.905. The van der Waals surface area contributed by atoms with Gasteiger partial charge in [0, 0.05) is 12.5 Å². The minimum Gasteiger partial charge on any atom is -0.463 e. The van der Waals surface area contributed by atoms with Crippen molar-refractivity contribution in [2.45, 2.75) is 37.6 Å². The second-order valence-corrected chi connectivity index (χ2v) is 7.18. The van der Waals surface area contributed by atoms with E-state index in [1.807, 2.05) is 30.3 Å². The number of allylic oxidation sites excluding steroid dienone is 1. The van der Waals surface area contributed by atoms with Gasteiger partial charge in [-0.3, -0.25) is 9.59 Å². The largest absolute Gasteiger partial charge is 0.463 e. The molecule has 164 valence electrons. The SMILES string of the molecule is CC(=O)N[C@@H]1[C@H](Oc2ccc(C(=O)/C=C/c3ccccc3)cc2)O[C@H](CO)[C@H](O)[C@@H]1O. The van der Waals surface area contributed by atoms with Gasteiger partial charge in [-0.1, -0.05) is 36.4 Å². The van der Waals surface area contributed by atoms with Gasteiger partial charge in [-0.15, -0.1) is 0 Å². The minimum absolute atomic E-state index is 0.181. The zero-order valence-corrected chi connectivity index (χ0v) is 16.9. The van der Waals surface area contributed by atoms with E-state index in [2.05, 4.69) is 5.32 Å². The van der Waals surface area contributed by atoms with Crippen LogP contribution in [0, 0.1) is 0 Å². The molecule has 8 nitrogen and oxygen atoms in total. The van der Waals surface area contributed by atoms with Crippen LogP contribution in [-0.2, 0) is 9.53 Å². The topological polar surface area (TPSA) is 125 Å². The van der Waals surface area contributed by atoms with Crippen molar-refractivity contribution in [3.05, 3.63) is 71.8 Å². The van der Waals surface area contributed by atoms with Crippen molar-refractivity contribution >= 4 is 17.8 Å². The molecule has 0 radical (unpaired) electrons. The third-order valence-corrected chi connectivity index (χ3v) is 4.87. The molecule has 2 aromatic rings. The molecule has 1 aliphatic heterocycles. The lowest BCUT2D eigenvalue weighted by atomic mass is 9.97. The van der Waals surface area contributed by atoms with Crippen molar-refractivity contribution in [3.63, 3.8) is 0 Å². The van der Waals surface area contributed by atoms with Gasteiger partial charge in [-0.25, -0.2) is 0 Å². The summed E-state index contributed by atoms with van der Waals surface area (Å²) in [6.45, 7) is 0.726. The van der Waals surface area contributed by atoms with Gasteiger partial charge in [-0.05, 0) is 35.9 Å². The number of amides is 1. The molecule has 0 spiro atoms. The highest BCUT2D eigenvalue weighted by Crippen LogP contribution is 2.25. The number of nitrogens with one attached hydrogen (secondary N) is 1. The Bertz CT molecular complexity index is 913. The number of hydrogen-bond donors (Lipinski definition) is 4. The molecule has 0 aliphatic carbocycles. The molecule has 5 atom stereocenters. The first-order valence-corrected chi connectivity index (χ1v) is 9.83.